The Morgan fingerprint density at radius 2 is 1.88 bits per heavy atom. The van der Waals surface area contributed by atoms with E-state index in [-0.39, 0.29) is 11.4 Å². The van der Waals surface area contributed by atoms with Crippen molar-refractivity contribution in [3.8, 4) is 5.75 Å². The molecule has 3 heteroatoms. The molecule has 82 valence electrons. The number of fused-ring (bicyclic) bond motifs is 3. The fraction of sp³-hybridized carbons (Fsp3) is 0.308. The first-order valence-corrected chi connectivity index (χ1v) is 5.54. The van der Waals surface area contributed by atoms with Crippen molar-refractivity contribution < 1.29 is 9.52 Å². The highest BCUT2D eigenvalue weighted by molar-refractivity contribution is 5.87. The summed E-state index contributed by atoms with van der Waals surface area (Å²) in [4.78, 5) is 11.7. The normalized spacial score (nSPS) is 15.0. The summed E-state index contributed by atoms with van der Waals surface area (Å²) in [5.74, 6) is 0.208. The van der Waals surface area contributed by atoms with Gasteiger partial charge in [0.25, 0.3) is 0 Å². The zero-order valence-corrected chi connectivity index (χ0v) is 8.82. The molecule has 0 bridgehead atoms. The second-order valence-corrected chi connectivity index (χ2v) is 4.20. The molecule has 0 saturated heterocycles. The predicted molar refractivity (Wildman–Crippen MR) is 60.8 cm³/mol. The van der Waals surface area contributed by atoms with E-state index in [0.29, 0.717) is 5.58 Å². The average molecular weight is 216 g/mol. The minimum Gasteiger partial charge on any atom is -0.507 e. The average Bonchev–Trinajstić information content (AvgIpc) is 2.29. The molecule has 3 rings (SSSR count). The summed E-state index contributed by atoms with van der Waals surface area (Å²) >= 11 is 0. The molecule has 0 saturated carbocycles. The third-order valence-electron chi connectivity index (χ3n) is 3.22. The first kappa shape index (κ1) is 9.46. The van der Waals surface area contributed by atoms with Crippen LogP contribution in [0.5, 0.6) is 5.75 Å². The lowest BCUT2D eigenvalue weighted by Gasteiger charge is -2.16. The zero-order chi connectivity index (χ0) is 11.1. The van der Waals surface area contributed by atoms with Crippen molar-refractivity contribution in [3.05, 3.63) is 39.7 Å². The van der Waals surface area contributed by atoms with Gasteiger partial charge in [-0.3, -0.25) is 0 Å². The third-order valence-corrected chi connectivity index (χ3v) is 3.22. The van der Waals surface area contributed by atoms with Gasteiger partial charge in [0.1, 0.15) is 11.3 Å². The maximum absolute atomic E-state index is 11.7. The monoisotopic (exact) mass is 216 g/mol. The van der Waals surface area contributed by atoms with Crippen LogP contribution < -0.4 is 5.63 Å². The largest absolute Gasteiger partial charge is 0.507 e. The molecule has 1 aliphatic carbocycles. The molecule has 1 N–H and O–H groups in total. The van der Waals surface area contributed by atoms with Crippen LogP contribution in [0.1, 0.15) is 24.0 Å². The zero-order valence-electron chi connectivity index (χ0n) is 8.82. The van der Waals surface area contributed by atoms with Crippen LogP contribution in [-0.2, 0) is 12.8 Å². The van der Waals surface area contributed by atoms with Gasteiger partial charge in [-0.15, -0.1) is 0 Å². The minimum absolute atomic E-state index is 0.208. The Morgan fingerprint density at radius 1 is 1.12 bits per heavy atom. The van der Waals surface area contributed by atoms with E-state index in [4.69, 9.17) is 4.42 Å². The number of rotatable bonds is 0. The number of benzene rings is 1. The van der Waals surface area contributed by atoms with E-state index in [2.05, 4.69) is 0 Å². The number of hydrogen-bond acceptors (Lipinski definition) is 3. The number of phenolic OH excluding ortho intramolecular Hbond substituents is 1. The van der Waals surface area contributed by atoms with Crippen molar-refractivity contribution in [2.75, 3.05) is 0 Å². The van der Waals surface area contributed by atoms with E-state index in [0.717, 1.165) is 42.2 Å². The topological polar surface area (TPSA) is 50.4 Å². The van der Waals surface area contributed by atoms with Gasteiger partial charge in [0.05, 0.1) is 5.39 Å². The van der Waals surface area contributed by atoms with Gasteiger partial charge in [0.15, 0.2) is 0 Å². The summed E-state index contributed by atoms with van der Waals surface area (Å²) in [6.07, 6.45) is 3.72. The van der Waals surface area contributed by atoms with Crippen molar-refractivity contribution >= 4 is 11.0 Å². The molecule has 0 atom stereocenters. The van der Waals surface area contributed by atoms with Gasteiger partial charge in [-0.1, -0.05) is 6.07 Å². The van der Waals surface area contributed by atoms with E-state index in [1.54, 1.807) is 18.2 Å². The van der Waals surface area contributed by atoms with E-state index in [1.165, 1.54) is 0 Å². The molecule has 1 aromatic heterocycles. The van der Waals surface area contributed by atoms with Gasteiger partial charge in [-0.05, 0) is 43.4 Å². The summed E-state index contributed by atoms with van der Waals surface area (Å²) < 4.78 is 5.23. The van der Waals surface area contributed by atoms with Crippen LogP contribution in [0.4, 0.5) is 0 Å². The van der Waals surface area contributed by atoms with Crippen LogP contribution in [0.15, 0.2) is 27.4 Å². The van der Waals surface area contributed by atoms with Crippen LogP contribution >= 0.6 is 0 Å². The molecule has 0 aliphatic heterocycles. The van der Waals surface area contributed by atoms with Gasteiger partial charge >= 0.3 is 5.63 Å². The fourth-order valence-electron chi connectivity index (χ4n) is 2.48. The second-order valence-electron chi connectivity index (χ2n) is 4.20. The highest BCUT2D eigenvalue weighted by atomic mass is 16.4. The number of phenols is 1. The molecule has 1 aromatic carbocycles. The van der Waals surface area contributed by atoms with E-state index < -0.39 is 0 Å². The maximum atomic E-state index is 11.7. The maximum Gasteiger partial charge on any atom is 0.339 e. The number of aromatic hydroxyl groups is 1. The van der Waals surface area contributed by atoms with Crippen LogP contribution in [0.2, 0.25) is 0 Å². The summed E-state index contributed by atoms with van der Waals surface area (Å²) in [6.45, 7) is 0. The predicted octanol–water partition coefficient (Wildman–Crippen LogP) is 2.38. The molecular weight excluding hydrogens is 204 g/mol. The molecule has 0 unspecified atom stereocenters. The summed E-state index contributed by atoms with van der Waals surface area (Å²) in [5.41, 5.74) is 1.98. The van der Waals surface area contributed by atoms with Gasteiger partial charge in [-0.25, -0.2) is 4.79 Å². The Balaban J connectivity index is 2.48. The first-order chi connectivity index (χ1) is 7.77. The molecule has 3 nitrogen and oxygen atoms in total. The van der Waals surface area contributed by atoms with Gasteiger partial charge in [0.2, 0.25) is 0 Å². The van der Waals surface area contributed by atoms with Crippen molar-refractivity contribution in [2.45, 2.75) is 25.7 Å². The summed E-state index contributed by atoms with van der Waals surface area (Å²) in [6, 6.07) is 5.05. The molecule has 0 amide bonds. The Kier molecular flexibility index (Phi) is 1.99. The van der Waals surface area contributed by atoms with E-state index in [9.17, 15) is 9.90 Å². The number of hydrogen-bond donors (Lipinski definition) is 1. The van der Waals surface area contributed by atoms with Gasteiger partial charge in [0, 0.05) is 5.56 Å². The Bertz CT molecular complexity index is 610. The molecule has 1 heterocycles. The van der Waals surface area contributed by atoms with E-state index >= 15 is 0 Å². The standard InChI is InChI=1S/C13H12O3/c14-10-6-3-7-11-12(10)8-4-1-2-5-9(8)13(15)16-11/h3,6-7,14H,1-2,4-5H2. The lowest BCUT2D eigenvalue weighted by atomic mass is 9.90. The van der Waals surface area contributed by atoms with Gasteiger partial charge in [-0.2, -0.15) is 0 Å². The molecule has 0 radical (unpaired) electrons. The van der Waals surface area contributed by atoms with Crippen molar-refractivity contribution in [2.24, 2.45) is 0 Å². The minimum atomic E-state index is -0.243. The highest BCUT2D eigenvalue weighted by Crippen LogP contribution is 2.32. The fourth-order valence-corrected chi connectivity index (χ4v) is 2.48. The second kappa shape index (κ2) is 3.37. The molecular formula is C13H12O3. The third kappa shape index (κ3) is 1.24. The SMILES string of the molecule is O=c1oc2cccc(O)c2c2c1CCCC2. The van der Waals surface area contributed by atoms with Crippen molar-refractivity contribution in [3.63, 3.8) is 0 Å². The molecule has 16 heavy (non-hydrogen) atoms. The lowest BCUT2D eigenvalue weighted by Crippen LogP contribution is -2.15. The lowest BCUT2D eigenvalue weighted by molar-refractivity contribution is 0.476. The smallest absolute Gasteiger partial charge is 0.339 e. The van der Waals surface area contributed by atoms with Gasteiger partial charge < -0.3 is 9.52 Å². The molecule has 1 aliphatic rings. The Hall–Kier alpha value is -1.77. The van der Waals surface area contributed by atoms with Crippen molar-refractivity contribution in [1.82, 2.24) is 0 Å². The first-order valence-electron chi connectivity index (χ1n) is 5.54. The Labute approximate surface area is 92.3 Å². The molecule has 0 spiro atoms. The van der Waals surface area contributed by atoms with Crippen LogP contribution in [-0.4, -0.2) is 5.11 Å². The van der Waals surface area contributed by atoms with Crippen molar-refractivity contribution in [1.29, 1.82) is 0 Å². The van der Waals surface area contributed by atoms with Crippen LogP contribution in [0.3, 0.4) is 0 Å². The number of aryl methyl sites for hydroxylation is 1. The van der Waals surface area contributed by atoms with Crippen LogP contribution in [0, 0.1) is 0 Å². The van der Waals surface area contributed by atoms with Crippen LogP contribution in [0.25, 0.3) is 11.0 Å². The summed E-state index contributed by atoms with van der Waals surface area (Å²) in [5, 5.41) is 10.6. The molecule has 0 fully saturated rings. The quantitative estimate of drug-likeness (QED) is 0.688. The molecule has 2 aromatic rings. The van der Waals surface area contributed by atoms with E-state index in [1.807, 2.05) is 0 Å². The Morgan fingerprint density at radius 3 is 2.69 bits per heavy atom. The summed E-state index contributed by atoms with van der Waals surface area (Å²) in [7, 11) is 0. The highest BCUT2D eigenvalue weighted by Gasteiger charge is 2.19.